The molecule has 3 aromatic heterocycles. The first kappa shape index (κ1) is 20.1. The summed E-state index contributed by atoms with van der Waals surface area (Å²) in [6, 6.07) is 14.6. The van der Waals surface area contributed by atoms with Gasteiger partial charge in [0, 0.05) is 43.1 Å². The van der Waals surface area contributed by atoms with Gasteiger partial charge >= 0.3 is 0 Å². The molecule has 1 aromatic carbocycles. The van der Waals surface area contributed by atoms with Gasteiger partial charge in [0.05, 0.1) is 0 Å². The van der Waals surface area contributed by atoms with Gasteiger partial charge in [0.1, 0.15) is 17.0 Å². The standard InChI is InChI=1S/C25H24FN5O2/c26-25-12-24(13-25,14-25)15-27-11-18-8-17-5-4-16(7-19(17)29-18)10-28-23(33)20-9-22(32)31-6-2-1-3-21(31)30-20/h1-9,27,29H,10-15H2,(H,28,33). The Balaban J connectivity index is 1.09. The summed E-state index contributed by atoms with van der Waals surface area (Å²) >= 11 is 0. The molecular formula is C25H24FN5O2. The Morgan fingerprint density at radius 3 is 2.79 bits per heavy atom. The first-order valence-electron chi connectivity index (χ1n) is 11.2. The summed E-state index contributed by atoms with van der Waals surface area (Å²) in [6.07, 6.45) is 3.74. The zero-order valence-electron chi connectivity index (χ0n) is 18.0. The van der Waals surface area contributed by atoms with E-state index in [0.717, 1.165) is 28.7 Å². The molecule has 3 fully saturated rings. The van der Waals surface area contributed by atoms with Gasteiger partial charge in [0.25, 0.3) is 11.5 Å². The minimum Gasteiger partial charge on any atom is -0.357 e. The fourth-order valence-corrected chi connectivity index (χ4v) is 5.39. The molecule has 33 heavy (non-hydrogen) atoms. The molecule has 3 saturated carbocycles. The van der Waals surface area contributed by atoms with Crippen LogP contribution in [0.2, 0.25) is 0 Å². The van der Waals surface area contributed by atoms with Gasteiger partial charge in [-0.3, -0.25) is 14.0 Å². The van der Waals surface area contributed by atoms with Crippen molar-refractivity contribution in [2.75, 3.05) is 6.54 Å². The van der Waals surface area contributed by atoms with Gasteiger partial charge in [-0.05, 0) is 59.9 Å². The van der Waals surface area contributed by atoms with Crippen molar-refractivity contribution in [3.8, 4) is 0 Å². The number of pyridine rings is 1. The minimum atomic E-state index is -0.852. The van der Waals surface area contributed by atoms with E-state index in [2.05, 4.69) is 26.7 Å². The number of hydrogen-bond donors (Lipinski definition) is 3. The number of fused-ring (bicyclic) bond motifs is 2. The van der Waals surface area contributed by atoms with Crippen LogP contribution in [0.15, 0.2) is 59.5 Å². The molecule has 0 saturated heterocycles. The molecular weight excluding hydrogens is 421 g/mol. The number of nitrogens with zero attached hydrogens (tertiary/aromatic N) is 2. The highest BCUT2D eigenvalue weighted by atomic mass is 19.1. The van der Waals surface area contributed by atoms with Gasteiger partial charge in [0.2, 0.25) is 0 Å². The van der Waals surface area contributed by atoms with Crippen LogP contribution in [0.5, 0.6) is 0 Å². The monoisotopic (exact) mass is 445 g/mol. The number of hydrogen-bond acceptors (Lipinski definition) is 4. The SMILES string of the molecule is O=C(NCc1ccc2cc(CNCC34CC(F)(C3)C4)[nH]c2c1)c1cc(=O)n2ccccc2n1. The fraction of sp³-hybridized carbons (Fsp3) is 0.320. The zero-order valence-corrected chi connectivity index (χ0v) is 18.0. The Kier molecular flexibility index (Phi) is 4.42. The number of aromatic amines is 1. The molecule has 4 aromatic rings. The first-order chi connectivity index (χ1) is 15.9. The molecule has 3 aliphatic carbocycles. The quantitative estimate of drug-likeness (QED) is 0.408. The highest BCUT2D eigenvalue weighted by molar-refractivity contribution is 5.92. The highest BCUT2D eigenvalue weighted by Gasteiger charge is 2.68. The molecule has 3 N–H and O–H groups in total. The second-order valence-electron chi connectivity index (χ2n) is 9.59. The highest BCUT2D eigenvalue weighted by Crippen LogP contribution is 2.69. The number of carbonyl (C=O) groups excluding carboxylic acids is 1. The summed E-state index contributed by atoms with van der Waals surface area (Å²) in [5, 5.41) is 7.40. The summed E-state index contributed by atoms with van der Waals surface area (Å²) in [4.78, 5) is 32.5. The summed E-state index contributed by atoms with van der Waals surface area (Å²) < 4.78 is 15.1. The number of H-pyrrole nitrogens is 1. The number of aromatic nitrogens is 3. The molecule has 3 aliphatic rings. The van der Waals surface area contributed by atoms with Crippen molar-refractivity contribution >= 4 is 22.5 Å². The summed E-state index contributed by atoms with van der Waals surface area (Å²) in [7, 11) is 0. The Morgan fingerprint density at radius 1 is 1.12 bits per heavy atom. The van der Waals surface area contributed by atoms with Crippen LogP contribution in [0.4, 0.5) is 4.39 Å². The maximum Gasteiger partial charge on any atom is 0.270 e. The van der Waals surface area contributed by atoms with E-state index in [-0.39, 0.29) is 16.7 Å². The summed E-state index contributed by atoms with van der Waals surface area (Å²) in [6.45, 7) is 1.90. The lowest BCUT2D eigenvalue weighted by atomic mass is 9.42. The Hall–Kier alpha value is -3.52. The lowest BCUT2D eigenvalue weighted by Gasteiger charge is -2.66. The van der Waals surface area contributed by atoms with Crippen molar-refractivity contribution in [2.45, 2.75) is 38.0 Å². The molecule has 1 amide bonds. The number of halogens is 1. The van der Waals surface area contributed by atoms with Crippen LogP contribution >= 0.6 is 0 Å². The molecule has 0 unspecified atom stereocenters. The van der Waals surface area contributed by atoms with Crippen molar-refractivity contribution in [3.63, 3.8) is 0 Å². The number of nitrogens with one attached hydrogen (secondary N) is 3. The Labute approximate surface area is 189 Å². The van der Waals surface area contributed by atoms with Gasteiger partial charge in [-0.1, -0.05) is 18.2 Å². The molecule has 0 radical (unpaired) electrons. The van der Waals surface area contributed by atoms with Crippen molar-refractivity contribution < 1.29 is 9.18 Å². The Morgan fingerprint density at radius 2 is 1.97 bits per heavy atom. The third kappa shape index (κ3) is 3.60. The average Bonchev–Trinajstić information content (AvgIpc) is 3.17. The lowest BCUT2D eigenvalue weighted by molar-refractivity contribution is -0.209. The number of rotatable bonds is 7. The minimum absolute atomic E-state index is 0.0999. The van der Waals surface area contributed by atoms with E-state index >= 15 is 0 Å². The third-order valence-electron chi connectivity index (χ3n) is 6.89. The van der Waals surface area contributed by atoms with E-state index in [4.69, 9.17) is 0 Å². The van der Waals surface area contributed by atoms with E-state index in [0.29, 0.717) is 38.0 Å². The maximum absolute atomic E-state index is 13.7. The predicted molar refractivity (Wildman–Crippen MR) is 123 cm³/mol. The van der Waals surface area contributed by atoms with Crippen molar-refractivity contribution in [1.29, 1.82) is 0 Å². The molecule has 8 heteroatoms. The Bertz CT molecular complexity index is 1440. The molecule has 3 heterocycles. The van der Waals surface area contributed by atoms with E-state index in [1.807, 2.05) is 18.2 Å². The molecule has 2 bridgehead atoms. The van der Waals surface area contributed by atoms with Crippen molar-refractivity contribution in [2.24, 2.45) is 5.41 Å². The number of carbonyl (C=O) groups is 1. The van der Waals surface area contributed by atoms with Crippen LogP contribution in [-0.4, -0.2) is 32.5 Å². The molecule has 0 aliphatic heterocycles. The van der Waals surface area contributed by atoms with Crippen LogP contribution in [-0.2, 0) is 13.1 Å². The summed E-state index contributed by atoms with van der Waals surface area (Å²) in [5.74, 6) is -0.390. The van der Waals surface area contributed by atoms with E-state index in [9.17, 15) is 14.0 Å². The van der Waals surface area contributed by atoms with Crippen LogP contribution in [0, 0.1) is 5.41 Å². The van der Waals surface area contributed by atoms with Crippen LogP contribution in [0.25, 0.3) is 16.6 Å². The number of alkyl halides is 1. The summed E-state index contributed by atoms with van der Waals surface area (Å²) in [5.41, 5.74) is 2.59. The van der Waals surface area contributed by atoms with Gasteiger partial charge in [-0.25, -0.2) is 9.37 Å². The average molecular weight is 445 g/mol. The smallest absolute Gasteiger partial charge is 0.270 e. The van der Waals surface area contributed by atoms with Gasteiger partial charge in [-0.2, -0.15) is 0 Å². The predicted octanol–water partition coefficient (Wildman–Crippen LogP) is 3.09. The molecule has 168 valence electrons. The molecule has 0 atom stereocenters. The van der Waals surface area contributed by atoms with Crippen LogP contribution in [0.3, 0.4) is 0 Å². The second-order valence-corrected chi connectivity index (χ2v) is 9.59. The topological polar surface area (TPSA) is 91.3 Å². The largest absolute Gasteiger partial charge is 0.357 e. The number of benzene rings is 1. The molecule has 7 rings (SSSR count). The van der Waals surface area contributed by atoms with Crippen molar-refractivity contribution in [1.82, 2.24) is 25.0 Å². The molecule has 0 spiro atoms. The van der Waals surface area contributed by atoms with Crippen LogP contribution in [0.1, 0.15) is 41.0 Å². The number of amides is 1. The van der Waals surface area contributed by atoms with E-state index in [1.165, 1.54) is 10.5 Å². The maximum atomic E-state index is 13.7. The second kappa shape index (κ2) is 7.25. The zero-order chi connectivity index (χ0) is 22.6. The van der Waals surface area contributed by atoms with E-state index < -0.39 is 11.6 Å². The fourth-order valence-electron chi connectivity index (χ4n) is 5.39. The lowest BCUT2D eigenvalue weighted by Crippen LogP contribution is -2.67. The van der Waals surface area contributed by atoms with Crippen molar-refractivity contribution in [3.05, 3.63) is 82.0 Å². The first-order valence-corrected chi connectivity index (χ1v) is 11.2. The van der Waals surface area contributed by atoms with Gasteiger partial charge < -0.3 is 15.6 Å². The van der Waals surface area contributed by atoms with E-state index in [1.54, 1.807) is 24.4 Å². The van der Waals surface area contributed by atoms with Crippen LogP contribution < -0.4 is 16.2 Å². The third-order valence-corrected chi connectivity index (χ3v) is 6.89. The van der Waals surface area contributed by atoms with Gasteiger partial charge in [0.15, 0.2) is 0 Å². The molecule has 7 nitrogen and oxygen atoms in total. The van der Waals surface area contributed by atoms with Gasteiger partial charge in [-0.15, -0.1) is 0 Å². The normalized spacial score (nSPS) is 23.3.